The van der Waals surface area contributed by atoms with E-state index in [0.717, 1.165) is 24.7 Å². The number of anilines is 1. The van der Waals surface area contributed by atoms with E-state index in [2.05, 4.69) is 54.2 Å². The Hall–Kier alpha value is -1.77. The monoisotopic (exact) mass is 283 g/mol. The zero-order valence-electron chi connectivity index (χ0n) is 13.3. The van der Waals surface area contributed by atoms with E-state index in [9.17, 15) is 0 Å². The van der Waals surface area contributed by atoms with Crippen LogP contribution < -0.4 is 4.90 Å². The normalized spacial score (nSPS) is 16.4. The minimum absolute atomic E-state index is 0.820. The Bertz CT molecular complexity index is 592. The quantitative estimate of drug-likeness (QED) is 0.859. The van der Waals surface area contributed by atoms with Crippen molar-refractivity contribution in [2.75, 3.05) is 18.0 Å². The molecule has 0 unspecified atom stereocenters. The zero-order chi connectivity index (χ0) is 14.8. The van der Waals surface area contributed by atoms with Crippen LogP contribution in [0, 0.1) is 19.8 Å². The molecule has 3 heteroatoms. The molecule has 3 nitrogen and oxygen atoms in total. The smallest absolute Gasteiger partial charge is 0.0829 e. The van der Waals surface area contributed by atoms with E-state index in [-0.39, 0.29) is 0 Å². The maximum absolute atomic E-state index is 4.55. The maximum Gasteiger partial charge on any atom is 0.0829 e. The topological polar surface area (TPSA) is 21.1 Å². The average Bonchev–Trinajstić information content (AvgIpc) is 2.74. The number of aryl methyl sites for hydroxylation is 2. The predicted octanol–water partition coefficient (Wildman–Crippen LogP) is 3.50. The number of rotatable bonds is 3. The number of benzene rings is 1. The Labute approximate surface area is 127 Å². The first-order chi connectivity index (χ1) is 10.1. The van der Waals surface area contributed by atoms with Crippen molar-refractivity contribution in [2.45, 2.75) is 33.1 Å². The second kappa shape index (κ2) is 5.92. The summed E-state index contributed by atoms with van der Waals surface area (Å²) in [6, 6.07) is 10.9. The lowest BCUT2D eigenvalue weighted by atomic mass is 9.90. The molecule has 21 heavy (non-hydrogen) atoms. The highest BCUT2D eigenvalue weighted by molar-refractivity contribution is 5.54. The van der Waals surface area contributed by atoms with Gasteiger partial charge in [0.2, 0.25) is 0 Å². The van der Waals surface area contributed by atoms with Gasteiger partial charge in [0.25, 0.3) is 0 Å². The van der Waals surface area contributed by atoms with Crippen LogP contribution in [0.4, 0.5) is 5.69 Å². The van der Waals surface area contributed by atoms with Crippen LogP contribution in [0.15, 0.2) is 30.3 Å². The second-order valence-electron chi connectivity index (χ2n) is 6.26. The van der Waals surface area contributed by atoms with E-state index < -0.39 is 0 Å². The summed E-state index contributed by atoms with van der Waals surface area (Å²) < 4.78 is 2.00. The second-order valence-corrected chi connectivity index (χ2v) is 6.26. The third-order valence-electron chi connectivity index (χ3n) is 4.77. The van der Waals surface area contributed by atoms with Gasteiger partial charge in [-0.25, -0.2) is 0 Å². The SMILES string of the molecule is Cc1nn(C)c(C)c1N1CCC(Cc2ccccc2)CC1. The summed E-state index contributed by atoms with van der Waals surface area (Å²) in [5, 5.41) is 4.55. The molecule has 0 N–H and O–H groups in total. The molecular formula is C18H25N3. The van der Waals surface area contributed by atoms with Crippen molar-refractivity contribution in [2.24, 2.45) is 13.0 Å². The van der Waals surface area contributed by atoms with Crippen molar-refractivity contribution in [3.8, 4) is 0 Å². The third kappa shape index (κ3) is 2.97. The van der Waals surface area contributed by atoms with Gasteiger partial charge in [-0.1, -0.05) is 30.3 Å². The highest BCUT2D eigenvalue weighted by Crippen LogP contribution is 2.29. The standard InChI is InChI=1S/C18H25N3/c1-14-18(15(2)20(3)19-14)21-11-9-17(10-12-21)13-16-7-5-4-6-8-16/h4-8,17H,9-13H2,1-3H3. The molecular weight excluding hydrogens is 258 g/mol. The largest absolute Gasteiger partial charge is 0.369 e. The van der Waals surface area contributed by atoms with Crippen LogP contribution in [-0.2, 0) is 13.5 Å². The van der Waals surface area contributed by atoms with E-state index in [1.54, 1.807) is 0 Å². The van der Waals surface area contributed by atoms with E-state index in [1.165, 1.54) is 36.2 Å². The van der Waals surface area contributed by atoms with Crippen LogP contribution >= 0.6 is 0 Å². The molecule has 0 saturated carbocycles. The Morgan fingerprint density at radius 3 is 2.33 bits per heavy atom. The van der Waals surface area contributed by atoms with Gasteiger partial charge in [0.05, 0.1) is 17.1 Å². The van der Waals surface area contributed by atoms with Crippen molar-refractivity contribution in [1.29, 1.82) is 0 Å². The molecule has 0 amide bonds. The highest BCUT2D eigenvalue weighted by Gasteiger charge is 2.23. The number of hydrogen-bond donors (Lipinski definition) is 0. The summed E-state index contributed by atoms with van der Waals surface area (Å²) in [6.07, 6.45) is 3.78. The fraction of sp³-hybridized carbons (Fsp3) is 0.500. The van der Waals surface area contributed by atoms with Crippen LogP contribution in [0.25, 0.3) is 0 Å². The molecule has 0 spiro atoms. The van der Waals surface area contributed by atoms with Gasteiger partial charge in [0.15, 0.2) is 0 Å². The van der Waals surface area contributed by atoms with Crippen LogP contribution in [0.5, 0.6) is 0 Å². The van der Waals surface area contributed by atoms with Crippen LogP contribution in [0.1, 0.15) is 29.8 Å². The Morgan fingerprint density at radius 1 is 1.10 bits per heavy atom. The van der Waals surface area contributed by atoms with Gasteiger partial charge in [-0.2, -0.15) is 5.10 Å². The molecule has 1 aliphatic heterocycles. The average molecular weight is 283 g/mol. The number of aromatic nitrogens is 2. The van der Waals surface area contributed by atoms with Crippen LogP contribution in [0.3, 0.4) is 0 Å². The van der Waals surface area contributed by atoms with Gasteiger partial charge < -0.3 is 4.90 Å². The summed E-state index contributed by atoms with van der Waals surface area (Å²) in [4.78, 5) is 2.53. The number of hydrogen-bond acceptors (Lipinski definition) is 2. The molecule has 2 heterocycles. The van der Waals surface area contributed by atoms with Crippen molar-refractivity contribution < 1.29 is 0 Å². The molecule has 1 aromatic carbocycles. The minimum atomic E-state index is 0.820. The van der Waals surface area contributed by atoms with Gasteiger partial charge in [-0.05, 0) is 44.6 Å². The Morgan fingerprint density at radius 2 is 1.76 bits per heavy atom. The lowest BCUT2D eigenvalue weighted by Gasteiger charge is -2.34. The summed E-state index contributed by atoms with van der Waals surface area (Å²) in [7, 11) is 2.04. The minimum Gasteiger partial charge on any atom is -0.369 e. The lowest BCUT2D eigenvalue weighted by molar-refractivity contribution is 0.403. The fourth-order valence-electron chi connectivity index (χ4n) is 3.53. The van der Waals surface area contributed by atoms with E-state index in [4.69, 9.17) is 0 Å². The maximum atomic E-state index is 4.55. The van der Waals surface area contributed by atoms with Crippen molar-refractivity contribution in [1.82, 2.24) is 9.78 Å². The van der Waals surface area contributed by atoms with Gasteiger partial charge in [0, 0.05) is 20.1 Å². The van der Waals surface area contributed by atoms with E-state index in [0.29, 0.717) is 0 Å². The summed E-state index contributed by atoms with van der Waals surface area (Å²) in [5.74, 6) is 0.820. The molecule has 2 aromatic rings. The first-order valence-corrected chi connectivity index (χ1v) is 7.94. The van der Waals surface area contributed by atoms with Gasteiger partial charge >= 0.3 is 0 Å². The summed E-state index contributed by atoms with van der Waals surface area (Å²) >= 11 is 0. The molecule has 1 fully saturated rings. The van der Waals surface area contributed by atoms with Gasteiger partial charge in [0.1, 0.15) is 0 Å². The molecule has 0 radical (unpaired) electrons. The first kappa shape index (κ1) is 14.2. The van der Waals surface area contributed by atoms with Crippen LogP contribution in [-0.4, -0.2) is 22.9 Å². The molecule has 0 aliphatic carbocycles. The van der Waals surface area contributed by atoms with Gasteiger partial charge in [-0.15, -0.1) is 0 Å². The van der Waals surface area contributed by atoms with E-state index in [1.807, 2.05) is 11.7 Å². The summed E-state index contributed by atoms with van der Waals surface area (Å²) in [6.45, 7) is 6.61. The molecule has 1 aromatic heterocycles. The molecule has 3 rings (SSSR count). The van der Waals surface area contributed by atoms with Gasteiger partial charge in [-0.3, -0.25) is 4.68 Å². The van der Waals surface area contributed by atoms with Crippen molar-refractivity contribution >= 4 is 5.69 Å². The third-order valence-corrected chi connectivity index (χ3v) is 4.77. The number of piperidine rings is 1. The predicted molar refractivity (Wildman–Crippen MR) is 87.8 cm³/mol. The van der Waals surface area contributed by atoms with E-state index >= 15 is 0 Å². The Kier molecular flexibility index (Phi) is 4.00. The fourth-order valence-corrected chi connectivity index (χ4v) is 3.53. The molecule has 1 saturated heterocycles. The van der Waals surface area contributed by atoms with Crippen LogP contribution in [0.2, 0.25) is 0 Å². The van der Waals surface area contributed by atoms with Crippen molar-refractivity contribution in [3.05, 3.63) is 47.3 Å². The molecule has 0 atom stereocenters. The molecule has 1 aliphatic rings. The highest BCUT2D eigenvalue weighted by atomic mass is 15.3. The first-order valence-electron chi connectivity index (χ1n) is 7.94. The van der Waals surface area contributed by atoms with Crippen molar-refractivity contribution in [3.63, 3.8) is 0 Å². The summed E-state index contributed by atoms with van der Waals surface area (Å²) in [5.41, 5.74) is 5.28. The molecule has 112 valence electrons. The zero-order valence-corrected chi connectivity index (χ0v) is 13.3. The Balaban J connectivity index is 1.63. The lowest BCUT2D eigenvalue weighted by Crippen LogP contribution is -2.35. The molecule has 0 bridgehead atoms. The number of nitrogens with zero attached hydrogens (tertiary/aromatic N) is 3.